The fraction of sp³-hybridized carbons (Fsp3) is 0. The number of hydrogen-bond donors (Lipinski definition) is 2. The topological polar surface area (TPSA) is 94.7 Å². The zero-order valence-corrected chi connectivity index (χ0v) is 29.4. The van der Waals surface area contributed by atoms with Gasteiger partial charge in [0.05, 0.1) is 28.5 Å². The van der Waals surface area contributed by atoms with Gasteiger partial charge in [-0.2, -0.15) is 0 Å². The summed E-state index contributed by atoms with van der Waals surface area (Å²) in [6.07, 6.45) is 10.9. The Hall–Kier alpha value is -7.64. The first-order valence-electron chi connectivity index (χ1n) is 18.1. The van der Waals surface area contributed by atoms with Gasteiger partial charge in [-0.1, -0.05) is 103 Å². The Morgan fingerprint density at radius 3 is 0.982 bits per heavy atom. The minimum Gasteiger partial charge on any atom is -0.354 e. The zero-order chi connectivity index (χ0) is 36.9. The molecule has 0 fully saturated rings. The minimum absolute atomic E-state index is 0.357. The maximum atomic E-state index is 12.5. The molecule has 3 aliphatic heterocycles. The van der Waals surface area contributed by atoms with Crippen LogP contribution < -0.4 is 4.90 Å². The summed E-state index contributed by atoms with van der Waals surface area (Å²) in [7, 11) is 0. The van der Waals surface area contributed by atoms with Crippen LogP contribution >= 0.6 is 0 Å². The van der Waals surface area contributed by atoms with Crippen molar-refractivity contribution in [1.82, 2.24) is 19.9 Å². The van der Waals surface area contributed by atoms with Gasteiger partial charge in [0.15, 0.2) is 0 Å². The Kier molecular flexibility index (Phi) is 7.63. The van der Waals surface area contributed by atoms with Crippen LogP contribution in [0.1, 0.15) is 22.8 Å². The first kappa shape index (κ1) is 32.0. The lowest BCUT2D eigenvalue weighted by Gasteiger charge is -2.14. The molecule has 2 N–H and O–H groups in total. The van der Waals surface area contributed by atoms with E-state index in [4.69, 9.17) is 9.97 Å². The van der Waals surface area contributed by atoms with Gasteiger partial charge < -0.3 is 9.97 Å². The third-order valence-corrected chi connectivity index (χ3v) is 10.2. The predicted molar refractivity (Wildman–Crippen MR) is 222 cm³/mol. The number of nitrogens with one attached hydrogen (secondary N) is 2. The maximum Gasteiger partial charge on any atom is 0.258 e. The van der Waals surface area contributed by atoms with Crippen molar-refractivity contribution in [3.05, 3.63) is 174 Å². The molecule has 0 saturated heterocycles. The fourth-order valence-electron chi connectivity index (χ4n) is 7.67. The Morgan fingerprint density at radius 1 is 0.345 bits per heavy atom. The molecular formula is C48H31N5O2. The Labute approximate surface area is 316 Å². The molecule has 4 aromatic carbocycles. The number of H-pyrrole nitrogens is 2. The number of carbonyl (C=O) groups excluding carboxylic acids is 2. The summed E-state index contributed by atoms with van der Waals surface area (Å²) in [5.74, 6) is -0.714. The van der Waals surface area contributed by atoms with Crippen molar-refractivity contribution < 1.29 is 9.59 Å². The van der Waals surface area contributed by atoms with E-state index in [9.17, 15) is 9.59 Å². The van der Waals surface area contributed by atoms with Crippen LogP contribution in [0.4, 0.5) is 5.69 Å². The van der Waals surface area contributed by atoms with Crippen molar-refractivity contribution in [1.29, 1.82) is 0 Å². The molecule has 7 heteroatoms. The third kappa shape index (κ3) is 5.62. The second kappa shape index (κ2) is 13.1. The van der Waals surface area contributed by atoms with E-state index in [1.54, 1.807) is 12.1 Å². The van der Waals surface area contributed by atoms with Crippen LogP contribution in [0.5, 0.6) is 0 Å². The number of amides is 2. The van der Waals surface area contributed by atoms with Crippen LogP contribution in [0.3, 0.4) is 0 Å². The zero-order valence-electron chi connectivity index (χ0n) is 29.4. The molecule has 0 atom stereocenters. The molecule has 7 nitrogen and oxygen atoms in total. The Balaban J connectivity index is 1.32. The number of aromatic nitrogens is 4. The van der Waals surface area contributed by atoms with Gasteiger partial charge in [0.1, 0.15) is 0 Å². The highest BCUT2D eigenvalue weighted by Crippen LogP contribution is 2.38. The highest BCUT2D eigenvalue weighted by molar-refractivity contribution is 6.28. The van der Waals surface area contributed by atoms with Crippen molar-refractivity contribution in [3.63, 3.8) is 0 Å². The van der Waals surface area contributed by atoms with Gasteiger partial charge in [-0.25, -0.2) is 14.9 Å². The van der Waals surface area contributed by atoms with E-state index in [1.807, 2.05) is 54.6 Å². The summed E-state index contributed by atoms with van der Waals surface area (Å²) in [6, 6.07) is 46.9. The van der Waals surface area contributed by atoms with Crippen molar-refractivity contribution >= 4 is 63.9 Å². The van der Waals surface area contributed by atoms with Gasteiger partial charge in [-0.05, 0) is 83.0 Å². The van der Waals surface area contributed by atoms with Crippen LogP contribution in [0, 0.1) is 0 Å². The lowest BCUT2D eigenvalue weighted by Crippen LogP contribution is -2.29. The number of aromatic amines is 2. The van der Waals surface area contributed by atoms with E-state index < -0.39 is 0 Å². The number of fused-ring (bicyclic) bond motifs is 8. The van der Waals surface area contributed by atoms with Crippen LogP contribution in [0.25, 0.3) is 90.9 Å². The monoisotopic (exact) mass is 709 g/mol. The van der Waals surface area contributed by atoms with E-state index in [0.717, 1.165) is 89.4 Å². The van der Waals surface area contributed by atoms with Gasteiger partial charge in [-0.3, -0.25) is 9.59 Å². The quantitative estimate of drug-likeness (QED) is 0.174. The predicted octanol–water partition coefficient (Wildman–Crippen LogP) is 10.8. The molecule has 2 amide bonds. The normalized spacial score (nSPS) is 13.3. The lowest BCUT2D eigenvalue weighted by atomic mass is 10.0. The molecule has 6 heterocycles. The number of imide groups is 1. The fourth-order valence-corrected chi connectivity index (χ4v) is 7.67. The molecule has 0 aliphatic carbocycles. The first-order chi connectivity index (χ1) is 27.1. The highest BCUT2D eigenvalue weighted by atomic mass is 16.2. The molecule has 10 rings (SSSR count). The van der Waals surface area contributed by atoms with Crippen molar-refractivity contribution in [2.75, 3.05) is 4.90 Å². The molecule has 7 aromatic rings. The second-order valence-corrected chi connectivity index (χ2v) is 13.5. The molecule has 3 aromatic heterocycles. The summed E-state index contributed by atoms with van der Waals surface area (Å²) in [5, 5.41) is 0. The highest BCUT2D eigenvalue weighted by Gasteiger charge is 2.25. The summed E-state index contributed by atoms with van der Waals surface area (Å²) in [4.78, 5) is 44.4. The number of carbonyl (C=O) groups is 2. The molecule has 0 radical (unpaired) electrons. The number of anilines is 1. The molecule has 55 heavy (non-hydrogen) atoms. The van der Waals surface area contributed by atoms with Gasteiger partial charge in [0, 0.05) is 56.5 Å². The lowest BCUT2D eigenvalue weighted by molar-refractivity contribution is -0.119. The number of benzene rings is 4. The summed E-state index contributed by atoms with van der Waals surface area (Å²) >= 11 is 0. The largest absolute Gasteiger partial charge is 0.354 e. The van der Waals surface area contributed by atoms with Crippen LogP contribution in [-0.2, 0) is 9.59 Å². The number of rotatable bonds is 5. The minimum atomic E-state index is -0.357. The van der Waals surface area contributed by atoms with Gasteiger partial charge >= 0.3 is 0 Å². The van der Waals surface area contributed by atoms with Crippen molar-refractivity contribution in [2.24, 2.45) is 0 Å². The first-order valence-corrected chi connectivity index (χ1v) is 18.1. The van der Waals surface area contributed by atoms with E-state index in [-0.39, 0.29) is 11.8 Å². The Bertz CT molecular complexity index is 2880. The third-order valence-electron chi connectivity index (χ3n) is 10.2. The molecule has 3 aliphatic rings. The maximum absolute atomic E-state index is 12.5. The summed E-state index contributed by atoms with van der Waals surface area (Å²) in [5.41, 5.74) is 15.2. The average molecular weight is 710 g/mol. The summed E-state index contributed by atoms with van der Waals surface area (Å²) < 4.78 is 0. The van der Waals surface area contributed by atoms with E-state index in [2.05, 4.69) is 107 Å². The van der Waals surface area contributed by atoms with Crippen LogP contribution in [-0.4, -0.2) is 31.8 Å². The van der Waals surface area contributed by atoms with Gasteiger partial charge in [0.25, 0.3) is 11.8 Å². The molecule has 0 unspecified atom stereocenters. The van der Waals surface area contributed by atoms with Crippen molar-refractivity contribution in [3.8, 4) is 44.5 Å². The summed E-state index contributed by atoms with van der Waals surface area (Å²) in [6.45, 7) is 0. The smallest absolute Gasteiger partial charge is 0.258 e. The van der Waals surface area contributed by atoms with E-state index >= 15 is 0 Å². The molecule has 260 valence electrons. The van der Waals surface area contributed by atoms with E-state index in [0.29, 0.717) is 5.69 Å². The number of hydrogen-bond acceptors (Lipinski definition) is 4. The van der Waals surface area contributed by atoms with Crippen LogP contribution in [0.2, 0.25) is 0 Å². The Morgan fingerprint density at radius 2 is 0.655 bits per heavy atom. The molecule has 8 bridgehead atoms. The van der Waals surface area contributed by atoms with Crippen LogP contribution in [0.15, 0.2) is 152 Å². The molecule has 0 saturated carbocycles. The van der Waals surface area contributed by atoms with E-state index in [1.165, 1.54) is 17.1 Å². The van der Waals surface area contributed by atoms with Gasteiger partial charge in [-0.15, -0.1) is 0 Å². The van der Waals surface area contributed by atoms with Gasteiger partial charge in [0.2, 0.25) is 0 Å². The SMILES string of the molecule is O=C1C=CC(=O)N1c1ccc(-c2c3nc(c(-c4ccccc4)c4ccc([nH]4)c(-c4ccccc4)c4nc(c(-c5ccccc5)c5ccc2[nH]5)C=C4)C=C3)cc1. The standard InChI is InChI=1S/C48H31N5O2/c54-43-28-29-44(55)53(43)34-18-16-33(17-19-34)48-41-26-24-39(51-41)46(31-12-6-2-7-13-31)37-22-20-35(49-37)45(30-10-4-1-5-11-30)36-21-23-38(50-36)47(32-14-8-3-9-15-32)40-25-27-42(48)52-40/h1-29,49,52H. The average Bonchev–Trinajstić information content (AvgIpc) is 4.09. The number of nitrogens with zero attached hydrogens (tertiary/aromatic N) is 3. The molecular weight excluding hydrogens is 679 g/mol. The molecule has 0 spiro atoms. The van der Waals surface area contributed by atoms with Crippen molar-refractivity contribution in [2.45, 2.75) is 0 Å². The second-order valence-electron chi connectivity index (χ2n) is 13.5.